The minimum Gasteiger partial charge on any atom is -0.371 e. The smallest absolute Gasteiger partial charge is 0.265 e. The molecule has 0 saturated carbocycles. The Balaban J connectivity index is 1.77. The van der Waals surface area contributed by atoms with Crippen molar-refractivity contribution in [3.05, 3.63) is 15.6 Å². The third-order valence-corrected chi connectivity index (χ3v) is 5.97. The molecule has 2 amide bonds. The van der Waals surface area contributed by atoms with Crippen LogP contribution in [0.25, 0.3) is 0 Å². The molecule has 0 radical (unpaired) electrons. The summed E-state index contributed by atoms with van der Waals surface area (Å²) in [5, 5.41) is 0.916. The molecule has 0 N–H and O–H groups in total. The second-order valence-corrected chi connectivity index (χ2v) is 8.44. The fourth-order valence-electron chi connectivity index (χ4n) is 3.63. The van der Waals surface area contributed by atoms with Crippen LogP contribution in [0.5, 0.6) is 0 Å². The van der Waals surface area contributed by atoms with Gasteiger partial charge in [0.15, 0.2) is 0 Å². The zero-order valence-corrected chi connectivity index (χ0v) is 15.6. The molecule has 24 heavy (non-hydrogen) atoms. The SMILES string of the molecule is Cc1nc(C)c(C(=O)N2CCC3(COCC(=O)N(C(C)C)C3)C2)s1. The fraction of sp³-hybridized carbons (Fsp3) is 0.706. The average molecular weight is 351 g/mol. The molecule has 2 fully saturated rings. The topological polar surface area (TPSA) is 62.7 Å². The van der Waals surface area contributed by atoms with Crippen molar-refractivity contribution < 1.29 is 14.3 Å². The van der Waals surface area contributed by atoms with Gasteiger partial charge in [0, 0.05) is 31.1 Å². The lowest BCUT2D eigenvalue weighted by molar-refractivity contribution is -0.135. The van der Waals surface area contributed by atoms with E-state index >= 15 is 0 Å². The maximum Gasteiger partial charge on any atom is 0.265 e. The van der Waals surface area contributed by atoms with Crippen LogP contribution in [0.3, 0.4) is 0 Å². The molecule has 3 rings (SSSR count). The number of carbonyl (C=O) groups is 2. The van der Waals surface area contributed by atoms with E-state index in [4.69, 9.17) is 4.74 Å². The highest BCUT2D eigenvalue weighted by atomic mass is 32.1. The molecule has 2 aliphatic rings. The monoisotopic (exact) mass is 351 g/mol. The van der Waals surface area contributed by atoms with Gasteiger partial charge < -0.3 is 14.5 Å². The van der Waals surface area contributed by atoms with Crippen LogP contribution >= 0.6 is 11.3 Å². The lowest BCUT2D eigenvalue weighted by Gasteiger charge is -2.34. The molecule has 1 atom stereocenters. The summed E-state index contributed by atoms with van der Waals surface area (Å²) >= 11 is 1.46. The maximum atomic E-state index is 12.8. The summed E-state index contributed by atoms with van der Waals surface area (Å²) in [4.78, 5) is 33.9. The molecule has 0 bridgehead atoms. The normalized spacial score (nSPS) is 25.0. The van der Waals surface area contributed by atoms with Crippen molar-refractivity contribution in [2.24, 2.45) is 5.41 Å². The van der Waals surface area contributed by atoms with Crippen molar-refractivity contribution >= 4 is 23.2 Å². The van der Waals surface area contributed by atoms with Crippen LogP contribution in [-0.2, 0) is 9.53 Å². The number of thiazole rings is 1. The predicted octanol–water partition coefficient (Wildman–Crippen LogP) is 1.86. The summed E-state index contributed by atoms with van der Waals surface area (Å²) in [6.07, 6.45) is 0.867. The number of aromatic nitrogens is 1. The molecule has 1 unspecified atom stereocenters. The van der Waals surface area contributed by atoms with Crippen LogP contribution in [-0.4, -0.2) is 65.5 Å². The van der Waals surface area contributed by atoms with Gasteiger partial charge in [0.05, 0.1) is 17.3 Å². The van der Waals surface area contributed by atoms with E-state index in [-0.39, 0.29) is 29.9 Å². The van der Waals surface area contributed by atoms with Gasteiger partial charge in [-0.2, -0.15) is 0 Å². The summed E-state index contributed by atoms with van der Waals surface area (Å²) in [6.45, 7) is 10.5. The van der Waals surface area contributed by atoms with Gasteiger partial charge in [-0.05, 0) is 34.1 Å². The maximum absolute atomic E-state index is 12.8. The minimum absolute atomic E-state index is 0.0422. The molecule has 6 nitrogen and oxygen atoms in total. The van der Waals surface area contributed by atoms with Crippen molar-refractivity contribution in [3.8, 4) is 0 Å². The number of hydrogen-bond acceptors (Lipinski definition) is 5. The Morgan fingerprint density at radius 1 is 1.33 bits per heavy atom. The van der Waals surface area contributed by atoms with Gasteiger partial charge >= 0.3 is 0 Å². The Kier molecular flexibility index (Phi) is 4.66. The van der Waals surface area contributed by atoms with Gasteiger partial charge in [-0.1, -0.05) is 0 Å². The Hall–Kier alpha value is -1.47. The zero-order chi connectivity index (χ0) is 17.5. The van der Waals surface area contributed by atoms with Gasteiger partial charge in [-0.15, -0.1) is 11.3 Å². The van der Waals surface area contributed by atoms with E-state index in [9.17, 15) is 9.59 Å². The quantitative estimate of drug-likeness (QED) is 0.816. The van der Waals surface area contributed by atoms with Gasteiger partial charge in [0.2, 0.25) is 5.91 Å². The van der Waals surface area contributed by atoms with Crippen molar-refractivity contribution in [3.63, 3.8) is 0 Å². The number of carbonyl (C=O) groups excluding carboxylic acids is 2. The van der Waals surface area contributed by atoms with Crippen molar-refractivity contribution in [2.75, 3.05) is 32.8 Å². The molecule has 2 aliphatic heterocycles. The molecule has 7 heteroatoms. The van der Waals surface area contributed by atoms with Crippen LogP contribution in [0.4, 0.5) is 0 Å². The molecular formula is C17H25N3O3S. The number of hydrogen-bond donors (Lipinski definition) is 0. The Morgan fingerprint density at radius 3 is 2.71 bits per heavy atom. The molecule has 3 heterocycles. The Labute approximate surface area is 146 Å². The first kappa shape index (κ1) is 17.4. The van der Waals surface area contributed by atoms with E-state index in [1.54, 1.807) is 0 Å². The van der Waals surface area contributed by atoms with Crippen molar-refractivity contribution in [2.45, 2.75) is 40.2 Å². The third kappa shape index (κ3) is 3.19. The number of likely N-dealkylation sites (tertiary alicyclic amines) is 1. The average Bonchev–Trinajstić information content (AvgIpc) is 3.02. The van der Waals surface area contributed by atoms with E-state index in [0.29, 0.717) is 26.2 Å². The second kappa shape index (κ2) is 6.44. The molecule has 1 aromatic rings. The van der Waals surface area contributed by atoms with Gasteiger partial charge in [0.25, 0.3) is 5.91 Å². The predicted molar refractivity (Wildman–Crippen MR) is 92.2 cm³/mol. The Morgan fingerprint density at radius 2 is 2.08 bits per heavy atom. The molecule has 1 aromatic heterocycles. The second-order valence-electron chi connectivity index (χ2n) is 7.23. The molecule has 0 aliphatic carbocycles. The van der Waals surface area contributed by atoms with Crippen LogP contribution in [0, 0.1) is 19.3 Å². The number of ether oxygens (including phenoxy) is 1. The number of aryl methyl sites for hydroxylation is 2. The number of amides is 2. The molecule has 1 spiro atoms. The zero-order valence-electron chi connectivity index (χ0n) is 14.8. The summed E-state index contributed by atoms with van der Waals surface area (Å²) in [5.41, 5.74) is 0.652. The molecule has 132 valence electrons. The molecule has 2 saturated heterocycles. The standard InChI is InChI=1S/C17H25N3O3S/c1-11(2)20-9-17(10-23-7-14(20)21)5-6-19(8-17)16(22)15-12(3)18-13(4)24-15/h11H,5-10H2,1-4H3. The highest BCUT2D eigenvalue weighted by Crippen LogP contribution is 2.35. The molecular weight excluding hydrogens is 326 g/mol. The van der Waals surface area contributed by atoms with Crippen molar-refractivity contribution in [1.82, 2.24) is 14.8 Å². The van der Waals surface area contributed by atoms with Crippen molar-refractivity contribution in [1.29, 1.82) is 0 Å². The first-order chi connectivity index (χ1) is 11.3. The van der Waals surface area contributed by atoms with E-state index < -0.39 is 0 Å². The lowest BCUT2D eigenvalue weighted by Crippen LogP contribution is -2.46. The first-order valence-corrected chi connectivity index (χ1v) is 9.23. The summed E-state index contributed by atoms with van der Waals surface area (Å²) < 4.78 is 5.65. The summed E-state index contributed by atoms with van der Waals surface area (Å²) in [7, 11) is 0. The van der Waals surface area contributed by atoms with Crippen LogP contribution in [0.15, 0.2) is 0 Å². The van der Waals surface area contributed by atoms with E-state index in [0.717, 1.165) is 22.0 Å². The lowest BCUT2D eigenvalue weighted by atomic mass is 9.87. The van der Waals surface area contributed by atoms with Crippen LogP contribution in [0.2, 0.25) is 0 Å². The summed E-state index contributed by atoms with van der Waals surface area (Å²) in [6, 6.07) is 0.146. The van der Waals surface area contributed by atoms with Gasteiger partial charge in [0.1, 0.15) is 11.5 Å². The van der Waals surface area contributed by atoms with Crippen LogP contribution in [0.1, 0.15) is 40.6 Å². The minimum atomic E-state index is -0.153. The fourth-order valence-corrected chi connectivity index (χ4v) is 4.52. The highest BCUT2D eigenvalue weighted by molar-refractivity contribution is 7.13. The summed E-state index contributed by atoms with van der Waals surface area (Å²) in [5.74, 6) is 0.0993. The number of rotatable bonds is 2. The third-order valence-electron chi connectivity index (χ3n) is 4.91. The Bertz CT molecular complexity index is 658. The number of nitrogens with zero attached hydrogens (tertiary/aromatic N) is 3. The highest BCUT2D eigenvalue weighted by Gasteiger charge is 2.45. The van der Waals surface area contributed by atoms with Gasteiger partial charge in [-0.3, -0.25) is 9.59 Å². The van der Waals surface area contributed by atoms with E-state index in [2.05, 4.69) is 4.98 Å². The van der Waals surface area contributed by atoms with Gasteiger partial charge in [-0.25, -0.2) is 4.98 Å². The first-order valence-electron chi connectivity index (χ1n) is 8.42. The van der Waals surface area contributed by atoms with E-state index in [1.165, 1.54) is 11.3 Å². The largest absolute Gasteiger partial charge is 0.371 e. The molecule has 0 aromatic carbocycles. The van der Waals surface area contributed by atoms with Crippen LogP contribution < -0.4 is 0 Å². The van der Waals surface area contributed by atoms with E-state index in [1.807, 2.05) is 37.5 Å².